The first-order valence-electron chi connectivity index (χ1n) is 7.31. The molecule has 1 aromatic carbocycles. The molecule has 0 aliphatic rings. The van der Waals surface area contributed by atoms with Gasteiger partial charge in [0.15, 0.2) is 0 Å². The van der Waals surface area contributed by atoms with Crippen LogP contribution in [0.25, 0.3) is 6.08 Å². The van der Waals surface area contributed by atoms with Crippen LogP contribution in [0.2, 0.25) is 0 Å². The number of benzene rings is 1. The average Bonchev–Trinajstić information content (AvgIpc) is 2.55. The number of halogens is 1. The Morgan fingerprint density at radius 3 is 2.58 bits per heavy atom. The highest BCUT2D eigenvalue weighted by Crippen LogP contribution is 2.15. The van der Waals surface area contributed by atoms with Crippen LogP contribution in [0.5, 0.6) is 0 Å². The molecular weight excluding hydrogens is 313 g/mol. The van der Waals surface area contributed by atoms with Crippen molar-refractivity contribution in [1.82, 2.24) is 14.5 Å². The molecule has 1 unspecified atom stereocenters. The number of aryl methyl sites for hydroxylation is 1. The fourth-order valence-electron chi connectivity index (χ4n) is 2.28. The van der Waals surface area contributed by atoms with Gasteiger partial charge in [-0.1, -0.05) is 18.2 Å². The Balaban J connectivity index is 2.16. The van der Waals surface area contributed by atoms with Crippen LogP contribution in [0.3, 0.4) is 0 Å². The molecule has 0 aliphatic carbocycles. The summed E-state index contributed by atoms with van der Waals surface area (Å²) in [6.07, 6.45) is 3.86. The van der Waals surface area contributed by atoms with E-state index in [0.717, 1.165) is 4.57 Å². The van der Waals surface area contributed by atoms with Gasteiger partial charge in [-0.3, -0.25) is 14.2 Å². The van der Waals surface area contributed by atoms with Crippen molar-refractivity contribution in [2.45, 2.75) is 13.0 Å². The Morgan fingerprint density at radius 2 is 1.92 bits per heavy atom. The predicted molar refractivity (Wildman–Crippen MR) is 88.9 cm³/mol. The lowest BCUT2D eigenvalue weighted by atomic mass is 10.1. The van der Waals surface area contributed by atoms with Crippen molar-refractivity contribution in [3.63, 3.8) is 0 Å². The lowest BCUT2D eigenvalue weighted by Gasteiger charge is -2.13. The number of hydrogen-bond acceptors (Lipinski definition) is 3. The standard InChI is InChI=1S/C17H18FN3O3/c1-11(13-6-4-5-7-14(13)18)19-15(22)9-8-12-10-20(2)17(24)21(3)16(12)23/h4-11H,1-3H3,(H,19,22)/b9-8+. The Bertz CT molecular complexity index is 912. The third-order valence-electron chi connectivity index (χ3n) is 3.62. The highest BCUT2D eigenvalue weighted by molar-refractivity contribution is 5.91. The molecule has 6 nitrogen and oxygen atoms in total. The summed E-state index contributed by atoms with van der Waals surface area (Å²) in [6, 6.07) is 5.65. The molecule has 1 N–H and O–H groups in total. The number of nitrogens with zero attached hydrogens (tertiary/aromatic N) is 2. The number of hydrogen-bond donors (Lipinski definition) is 1. The van der Waals surface area contributed by atoms with Crippen LogP contribution in [0.15, 0.2) is 46.1 Å². The normalized spacial score (nSPS) is 12.3. The lowest BCUT2D eigenvalue weighted by molar-refractivity contribution is -0.117. The largest absolute Gasteiger partial charge is 0.346 e. The molecule has 0 fully saturated rings. The first-order chi connectivity index (χ1) is 11.3. The predicted octanol–water partition coefficient (Wildman–Crippen LogP) is 1.11. The van der Waals surface area contributed by atoms with Crippen molar-refractivity contribution in [1.29, 1.82) is 0 Å². The van der Waals surface area contributed by atoms with Gasteiger partial charge in [-0.05, 0) is 19.1 Å². The Morgan fingerprint density at radius 1 is 1.25 bits per heavy atom. The van der Waals surface area contributed by atoms with Gasteiger partial charge in [-0.15, -0.1) is 0 Å². The average molecular weight is 331 g/mol. The topological polar surface area (TPSA) is 73.1 Å². The van der Waals surface area contributed by atoms with Gasteiger partial charge in [0, 0.05) is 31.9 Å². The first-order valence-corrected chi connectivity index (χ1v) is 7.31. The fraction of sp³-hybridized carbons (Fsp3) is 0.235. The SMILES string of the molecule is CC(NC(=O)/C=C/c1cn(C)c(=O)n(C)c1=O)c1ccccc1F. The third kappa shape index (κ3) is 3.68. The Kier molecular flexibility index (Phi) is 5.13. The molecule has 1 aromatic heterocycles. The molecule has 7 heteroatoms. The van der Waals surface area contributed by atoms with Crippen LogP contribution >= 0.6 is 0 Å². The number of aromatic nitrogens is 2. The van der Waals surface area contributed by atoms with E-state index in [1.165, 1.54) is 43.1 Å². The molecule has 2 aromatic rings. The second-order valence-corrected chi connectivity index (χ2v) is 5.43. The molecular formula is C17H18FN3O3. The van der Waals surface area contributed by atoms with Crippen molar-refractivity contribution in [3.8, 4) is 0 Å². The smallest absolute Gasteiger partial charge is 0.330 e. The summed E-state index contributed by atoms with van der Waals surface area (Å²) in [7, 11) is 2.88. The highest BCUT2D eigenvalue weighted by Gasteiger charge is 2.12. The van der Waals surface area contributed by atoms with Gasteiger partial charge in [0.2, 0.25) is 5.91 Å². The molecule has 0 saturated heterocycles. The van der Waals surface area contributed by atoms with E-state index in [1.807, 2.05) is 0 Å². The number of carbonyl (C=O) groups is 1. The van der Waals surface area contributed by atoms with Crippen molar-refractivity contribution < 1.29 is 9.18 Å². The van der Waals surface area contributed by atoms with E-state index in [0.29, 0.717) is 5.56 Å². The zero-order valence-electron chi connectivity index (χ0n) is 13.6. The molecule has 0 radical (unpaired) electrons. The van der Waals surface area contributed by atoms with E-state index in [-0.39, 0.29) is 5.56 Å². The molecule has 2 rings (SSSR count). The van der Waals surface area contributed by atoms with E-state index in [4.69, 9.17) is 0 Å². The number of amides is 1. The number of carbonyl (C=O) groups excluding carboxylic acids is 1. The van der Waals surface area contributed by atoms with E-state index in [1.54, 1.807) is 25.1 Å². The van der Waals surface area contributed by atoms with E-state index < -0.39 is 29.0 Å². The Hall–Kier alpha value is -2.96. The maximum Gasteiger partial charge on any atom is 0.330 e. The van der Waals surface area contributed by atoms with Crippen LogP contribution in [-0.2, 0) is 18.9 Å². The Labute approximate surface area is 137 Å². The maximum atomic E-state index is 13.7. The van der Waals surface area contributed by atoms with Crippen LogP contribution in [0.4, 0.5) is 4.39 Å². The minimum atomic E-state index is -0.522. The van der Waals surface area contributed by atoms with E-state index in [9.17, 15) is 18.8 Å². The molecule has 0 bridgehead atoms. The highest BCUT2D eigenvalue weighted by atomic mass is 19.1. The zero-order valence-corrected chi connectivity index (χ0v) is 13.6. The van der Waals surface area contributed by atoms with Gasteiger partial charge in [-0.25, -0.2) is 9.18 Å². The molecule has 1 heterocycles. The lowest BCUT2D eigenvalue weighted by Crippen LogP contribution is -2.37. The molecule has 126 valence electrons. The van der Waals surface area contributed by atoms with Crippen LogP contribution < -0.4 is 16.6 Å². The van der Waals surface area contributed by atoms with Gasteiger partial charge >= 0.3 is 5.69 Å². The first kappa shape index (κ1) is 17.4. The van der Waals surface area contributed by atoms with Gasteiger partial charge in [-0.2, -0.15) is 0 Å². The summed E-state index contributed by atoms with van der Waals surface area (Å²) in [6.45, 7) is 1.66. The van der Waals surface area contributed by atoms with Crippen molar-refractivity contribution in [2.75, 3.05) is 0 Å². The fourth-order valence-corrected chi connectivity index (χ4v) is 2.28. The zero-order chi connectivity index (χ0) is 17.9. The summed E-state index contributed by atoms with van der Waals surface area (Å²) in [5, 5.41) is 2.62. The molecule has 24 heavy (non-hydrogen) atoms. The van der Waals surface area contributed by atoms with Crippen LogP contribution in [0, 0.1) is 5.82 Å². The van der Waals surface area contributed by atoms with Crippen molar-refractivity contribution >= 4 is 12.0 Å². The summed E-state index contributed by atoms with van der Waals surface area (Å²) >= 11 is 0. The minimum absolute atomic E-state index is 0.202. The van der Waals surface area contributed by atoms with E-state index in [2.05, 4.69) is 5.32 Å². The van der Waals surface area contributed by atoms with Crippen LogP contribution in [0.1, 0.15) is 24.1 Å². The molecule has 1 amide bonds. The van der Waals surface area contributed by atoms with Gasteiger partial charge in [0.1, 0.15) is 5.82 Å². The summed E-state index contributed by atoms with van der Waals surface area (Å²) < 4.78 is 15.9. The number of nitrogens with one attached hydrogen (secondary N) is 1. The second kappa shape index (κ2) is 7.08. The monoisotopic (exact) mass is 331 g/mol. The summed E-state index contributed by atoms with van der Waals surface area (Å²) in [5.41, 5.74) is -0.371. The summed E-state index contributed by atoms with van der Waals surface area (Å²) in [4.78, 5) is 35.5. The van der Waals surface area contributed by atoms with Gasteiger partial charge < -0.3 is 9.88 Å². The minimum Gasteiger partial charge on any atom is -0.346 e. The second-order valence-electron chi connectivity index (χ2n) is 5.43. The molecule has 0 saturated carbocycles. The quantitative estimate of drug-likeness (QED) is 0.853. The maximum absolute atomic E-state index is 13.7. The van der Waals surface area contributed by atoms with Crippen molar-refractivity contribution in [2.24, 2.45) is 14.1 Å². The van der Waals surface area contributed by atoms with Gasteiger partial charge in [0.05, 0.1) is 11.6 Å². The van der Waals surface area contributed by atoms with E-state index >= 15 is 0 Å². The van der Waals surface area contributed by atoms with Crippen molar-refractivity contribution in [3.05, 3.63) is 74.3 Å². The molecule has 0 aliphatic heterocycles. The molecule has 0 spiro atoms. The molecule has 1 atom stereocenters. The third-order valence-corrected chi connectivity index (χ3v) is 3.62. The van der Waals surface area contributed by atoms with Crippen LogP contribution in [-0.4, -0.2) is 15.0 Å². The summed E-state index contributed by atoms with van der Waals surface area (Å²) in [5.74, 6) is -0.872. The van der Waals surface area contributed by atoms with Gasteiger partial charge in [0.25, 0.3) is 5.56 Å². The number of rotatable bonds is 4.